The minimum atomic E-state index is -4.30. The fourth-order valence-electron chi connectivity index (χ4n) is 2.09. The summed E-state index contributed by atoms with van der Waals surface area (Å²) in [5.74, 6) is 0.820. The van der Waals surface area contributed by atoms with Gasteiger partial charge in [-0.1, -0.05) is 72.9 Å². The molecule has 0 aliphatic rings. The van der Waals surface area contributed by atoms with Crippen LogP contribution in [0.3, 0.4) is 0 Å². The molecule has 2 aromatic carbocycles. The molecule has 0 heterocycles. The van der Waals surface area contributed by atoms with Crippen LogP contribution >= 0.6 is 0 Å². The van der Waals surface area contributed by atoms with Crippen molar-refractivity contribution in [1.82, 2.24) is 0 Å². The second-order valence-electron chi connectivity index (χ2n) is 5.38. The van der Waals surface area contributed by atoms with Crippen LogP contribution in [0.15, 0.2) is 85.0 Å². The molecule has 2 rings (SSSR count). The predicted octanol–water partition coefficient (Wildman–Crippen LogP) is 6.55. The van der Waals surface area contributed by atoms with E-state index >= 15 is 0 Å². The molecular formula is C22H19F3O. The highest BCUT2D eigenvalue weighted by molar-refractivity contribution is 5.53. The highest BCUT2D eigenvalue weighted by Crippen LogP contribution is 2.29. The number of benzene rings is 2. The Kier molecular flexibility index (Phi) is 7.03. The molecule has 4 heteroatoms. The number of hydrogen-bond donors (Lipinski definition) is 0. The molecule has 0 spiro atoms. The highest BCUT2D eigenvalue weighted by Gasteiger charge is 2.29. The first kappa shape index (κ1) is 19.3. The number of halogens is 3. The van der Waals surface area contributed by atoms with Crippen molar-refractivity contribution in [3.05, 3.63) is 102 Å². The normalized spacial score (nSPS) is 12.8. The zero-order valence-corrected chi connectivity index (χ0v) is 14.3. The lowest BCUT2D eigenvalue weighted by molar-refractivity contribution is -0.137. The zero-order chi connectivity index (χ0) is 18.8. The van der Waals surface area contributed by atoms with Crippen molar-refractivity contribution in [3.8, 4) is 5.75 Å². The van der Waals surface area contributed by atoms with Gasteiger partial charge in [-0.3, -0.25) is 0 Å². The first-order valence-electron chi connectivity index (χ1n) is 7.98. The van der Waals surface area contributed by atoms with Crippen molar-refractivity contribution in [1.29, 1.82) is 0 Å². The van der Waals surface area contributed by atoms with Crippen LogP contribution < -0.4 is 4.74 Å². The number of hydrogen-bond acceptors (Lipinski definition) is 1. The lowest BCUT2D eigenvalue weighted by Crippen LogP contribution is -2.03. The van der Waals surface area contributed by atoms with Crippen LogP contribution in [0, 0.1) is 0 Å². The van der Waals surface area contributed by atoms with E-state index in [9.17, 15) is 13.2 Å². The van der Waals surface area contributed by atoms with Gasteiger partial charge in [-0.15, -0.1) is 0 Å². The maximum absolute atomic E-state index is 12.5. The van der Waals surface area contributed by atoms with Gasteiger partial charge in [0.15, 0.2) is 0 Å². The maximum Gasteiger partial charge on any atom is 0.416 e. The molecule has 134 valence electrons. The fourth-order valence-corrected chi connectivity index (χ4v) is 2.09. The first-order chi connectivity index (χ1) is 12.5. The standard InChI is InChI=1S/C22H19F3O/c1-26-21-16-12-19(13-17-21)9-7-5-3-2-4-6-8-18-10-14-20(15-11-18)22(23,24)25/h2-17H,1H3/b4-2+,5-3+,8-6+,9-7+. The van der Waals surface area contributed by atoms with Gasteiger partial charge in [-0.05, 0) is 35.4 Å². The van der Waals surface area contributed by atoms with Gasteiger partial charge in [0.2, 0.25) is 0 Å². The average Bonchev–Trinajstić information content (AvgIpc) is 2.64. The summed E-state index contributed by atoms with van der Waals surface area (Å²) in [6.45, 7) is 0. The molecule has 0 bridgehead atoms. The van der Waals surface area contributed by atoms with Crippen molar-refractivity contribution in [2.45, 2.75) is 6.18 Å². The summed E-state index contributed by atoms with van der Waals surface area (Å²) in [6, 6.07) is 12.8. The molecule has 0 aliphatic carbocycles. The molecule has 0 aliphatic heterocycles. The summed E-state index contributed by atoms with van der Waals surface area (Å²) in [5.41, 5.74) is 1.14. The van der Waals surface area contributed by atoms with Crippen LogP contribution in [0.5, 0.6) is 5.75 Å². The minimum absolute atomic E-state index is 0.642. The summed E-state index contributed by atoms with van der Waals surface area (Å²) in [4.78, 5) is 0. The Balaban J connectivity index is 1.81. The van der Waals surface area contributed by atoms with Gasteiger partial charge in [0, 0.05) is 0 Å². The van der Waals surface area contributed by atoms with E-state index in [0.717, 1.165) is 23.4 Å². The molecule has 0 aromatic heterocycles. The fraction of sp³-hybridized carbons (Fsp3) is 0.0909. The molecule has 0 amide bonds. The molecule has 0 saturated heterocycles. The molecule has 0 fully saturated rings. The van der Waals surface area contributed by atoms with Gasteiger partial charge in [-0.2, -0.15) is 13.2 Å². The summed E-state index contributed by atoms with van der Waals surface area (Å²) in [7, 11) is 1.63. The second kappa shape index (κ2) is 9.47. The molecule has 0 atom stereocenters. The third-order valence-electron chi connectivity index (χ3n) is 3.49. The van der Waals surface area contributed by atoms with E-state index in [-0.39, 0.29) is 0 Å². The average molecular weight is 356 g/mol. The van der Waals surface area contributed by atoms with Crippen LogP contribution in [0.1, 0.15) is 16.7 Å². The first-order valence-corrected chi connectivity index (χ1v) is 7.98. The van der Waals surface area contributed by atoms with Crippen LogP contribution in [0.25, 0.3) is 12.2 Å². The smallest absolute Gasteiger partial charge is 0.416 e. The van der Waals surface area contributed by atoms with E-state index in [1.54, 1.807) is 19.3 Å². The van der Waals surface area contributed by atoms with Crippen molar-refractivity contribution >= 4 is 12.2 Å². The molecule has 0 radical (unpaired) electrons. The molecule has 0 N–H and O–H groups in total. The Labute approximate surface area is 151 Å². The van der Waals surface area contributed by atoms with E-state index in [2.05, 4.69) is 0 Å². The number of methoxy groups -OCH3 is 1. The number of rotatable bonds is 6. The monoisotopic (exact) mass is 356 g/mol. The summed E-state index contributed by atoms with van der Waals surface area (Å²) >= 11 is 0. The van der Waals surface area contributed by atoms with Crippen molar-refractivity contribution in [2.24, 2.45) is 0 Å². The number of ether oxygens (including phenoxy) is 1. The molecule has 26 heavy (non-hydrogen) atoms. The van der Waals surface area contributed by atoms with Crippen LogP contribution in [0.2, 0.25) is 0 Å². The van der Waals surface area contributed by atoms with E-state index in [4.69, 9.17) is 4.74 Å². The Morgan fingerprint density at radius 3 is 1.50 bits per heavy atom. The van der Waals surface area contributed by atoms with Gasteiger partial charge in [-0.25, -0.2) is 0 Å². The SMILES string of the molecule is COc1ccc(/C=C/C=C/C=C/C=C/c2ccc(C(F)(F)F)cc2)cc1. The Morgan fingerprint density at radius 2 is 1.08 bits per heavy atom. The van der Waals surface area contributed by atoms with Crippen molar-refractivity contribution < 1.29 is 17.9 Å². The minimum Gasteiger partial charge on any atom is -0.497 e. The Morgan fingerprint density at radius 1 is 0.654 bits per heavy atom. The van der Waals surface area contributed by atoms with Crippen molar-refractivity contribution in [3.63, 3.8) is 0 Å². The predicted molar refractivity (Wildman–Crippen MR) is 101 cm³/mol. The molecule has 0 saturated carbocycles. The topological polar surface area (TPSA) is 9.23 Å². The molecular weight excluding hydrogens is 337 g/mol. The number of alkyl halides is 3. The Bertz CT molecular complexity index is 793. The van der Waals surface area contributed by atoms with E-state index in [1.807, 2.05) is 60.7 Å². The second-order valence-corrected chi connectivity index (χ2v) is 5.38. The van der Waals surface area contributed by atoms with Gasteiger partial charge in [0.1, 0.15) is 5.75 Å². The van der Waals surface area contributed by atoms with Crippen molar-refractivity contribution in [2.75, 3.05) is 7.11 Å². The third kappa shape index (κ3) is 6.48. The third-order valence-corrected chi connectivity index (χ3v) is 3.49. The quantitative estimate of drug-likeness (QED) is 0.533. The van der Waals surface area contributed by atoms with Gasteiger partial charge in [0.25, 0.3) is 0 Å². The largest absolute Gasteiger partial charge is 0.497 e. The van der Waals surface area contributed by atoms with Gasteiger partial charge in [0.05, 0.1) is 12.7 Å². The van der Waals surface area contributed by atoms with E-state index in [1.165, 1.54) is 12.1 Å². The van der Waals surface area contributed by atoms with Crippen LogP contribution in [0.4, 0.5) is 13.2 Å². The molecule has 2 aromatic rings. The lowest BCUT2D eigenvalue weighted by atomic mass is 10.1. The zero-order valence-electron chi connectivity index (χ0n) is 14.3. The summed E-state index contributed by atoms with van der Waals surface area (Å²) in [5, 5.41) is 0. The number of allylic oxidation sites excluding steroid dienone is 6. The van der Waals surface area contributed by atoms with Crippen LogP contribution in [-0.2, 0) is 6.18 Å². The maximum atomic E-state index is 12.5. The van der Waals surface area contributed by atoms with E-state index < -0.39 is 11.7 Å². The lowest BCUT2D eigenvalue weighted by Gasteiger charge is -2.05. The van der Waals surface area contributed by atoms with E-state index in [0.29, 0.717) is 5.56 Å². The Hall–Kier alpha value is -3.01. The van der Waals surface area contributed by atoms with Crippen LogP contribution in [-0.4, -0.2) is 7.11 Å². The van der Waals surface area contributed by atoms with Gasteiger partial charge < -0.3 is 4.74 Å². The summed E-state index contributed by atoms with van der Waals surface area (Å²) < 4.78 is 42.5. The van der Waals surface area contributed by atoms with Gasteiger partial charge >= 0.3 is 6.18 Å². The molecule has 0 unspecified atom stereocenters. The molecule has 1 nitrogen and oxygen atoms in total. The summed E-state index contributed by atoms with van der Waals surface area (Å²) in [6.07, 6.45) is 10.6. The highest BCUT2D eigenvalue weighted by atomic mass is 19.4.